The molecule has 0 aliphatic carbocycles. The van der Waals surface area contributed by atoms with Crippen molar-refractivity contribution in [1.29, 1.82) is 0 Å². The number of hydrogen-bond donors (Lipinski definition) is 3. The molecule has 0 spiro atoms. The number of fused-ring (bicyclic) bond motifs is 1. The lowest BCUT2D eigenvalue weighted by Crippen LogP contribution is -2.42. The zero-order valence-corrected chi connectivity index (χ0v) is 10.5. The second-order valence-corrected chi connectivity index (χ2v) is 5.04. The Morgan fingerprint density at radius 3 is 2.83 bits per heavy atom. The number of aromatic nitrogens is 1. The van der Waals surface area contributed by atoms with Crippen molar-refractivity contribution in [2.75, 3.05) is 19.8 Å². The molecule has 18 heavy (non-hydrogen) atoms. The van der Waals surface area contributed by atoms with Gasteiger partial charge in [-0.25, -0.2) is 5.43 Å². The molecular formula is C14H20N4. The molecule has 4 heteroatoms. The topological polar surface area (TPSA) is 57.1 Å². The van der Waals surface area contributed by atoms with Crippen molar-refractivity contribution in [3.05, 3.63) is 36.0 Å². The molecule has 2 heterocycles. The molecule has 1 fully saturated rings. The summed E-state index contributed by atoms with van der Waals surface area (Å²) >= 11 is 0. The van der Waals surface area contributed by atoms with Gasteiger partial charge < -0.3 is 4.98 Å². The van der Waals surface area contributed by atoms with Gasteiger partial charge in [0, 0.05) is 17.1 Å². The lowest BCUT2D eigenvalue weighted by Gasteiger charge is -2.31. The zero-order chi connectivity index (χ0) is 12.4. The van der Waals surface area contributed by atoms with Gasteiger partial charge in [0.1, 0.15) is 0 Å². The molecule has 0 saturated carbocycles. The zero-order valence-electron chi connectivity index (χ0n) is 10.5. The maximum Gasteiger partial charge on any atom is 0.0612 e. The predicted octanol–water partition coefficient (Wildman–Crippen LogP) is 1.77. The molecule has 4 nitrogen and oxygen atoms in total. The van der Waals surface area contributed by atoms with Gasteiger partial charge in [0.2, 0.25) is 0 Å². The Kier molecular flexibility index (Phi) is 3.32. The van der Waals surface area contributed by atoms with Crippen molar-refractivity contribution in [2.45, 2.75) is 18.8 Å². The summed E-state index contributed by atoms with van der Waals surface area (Å²) in [4.78, 5) is 5.74. The number of nitrogens with two attached hydrogens (primary N) is 1. The molecule has 96 valence electrons. The molecular weight excluding hydrogens is 224 g/mol. The van der Waals surface area contributed by atoms with Crippen LogP contribution in [-0.2, 0) is 0 Å². The Labute approximate surface area is 107 Å². The fraction of sp³-hybridized carbons (Fsp3) is 0.429. The quantitative estimate of drug-likeness (QED) is 0.569. The Bertz CT molecular complexity index is 511. The molecule has 3 rings (SSSR count). The first kappa shape index (κ1) is 11.7. The number of nitrogens with one attached hydrogen (secondary N) is 2. The van der Waals surface area contributed by atoms with Gasteiger partial charge >= 0.3 is 0 Å². The van der Waals surface area contributed by atoms with E-state index in [0.29, 0.717) is 5.92 Å². The molecule has 1 aromatic heterocycles. The number of rotatable bonds is 3. The SMILES string of the molecule is NNCN1CCC(c2c[nH]c3ccccc23)CC1. The standard InChI is InChI=1S/C14H20N4/c15-17-10-18-7-5-11(6-8-18)13-9-16-14-4-2-1-3-12(13)14/h1-4,9,11,16-17H,5-8,10,15H2. The minimum Gasteiger partial charge on any atom is -0.361 e. The Hall–Kier alpha value is -1.36. The molecule has 0 amide bonds. The highest BCUT2D eigenvalue weighted by Crippen LogP contribution is 2.32. The summed E-state index contributed by atoms with van der Waals surface area (Å²) < 4.78 is 0. The van der Waals surface area contributed by atoms with E-state index in [1.54, 1.807) is 0 Å². The fourth-order valence-electron chi connectivity index (χ4n) is 2.96. The lowest BCUT2D eigenvalue weighted by atomic mass is 9.89. The highest BCUT2D eigenvalue weighted by molar-refractivity contribution is 5.83. The summed E-state index contributed by atoms with van der Waals surface area (Å²) in [5.74, 6) is 6.04. The largest absolute Gasteiger partial charge is 0.361 e. The van der Waals surface area contributed by atoms with E-state index in [1.165, 1.54) is 29.3 Å². The third-order valence-corrected chi connectivity index (χ3v) is 3.96. The summed E-state index contributed by atoms with van der Waals surface area (Å²) in [5, 5.41) is 1.38. The van der Waals surface area contributed by atoms with Crippen molar-refractivity contribution in [1.82, 2.24) is 15.3 Å². The highest BCUT2D eigenvalue weighted by Gasteiger charge is 2.22. The van der Waals surface area contributed by atoms with Crippen molar-refractivity contribution in [2.24, 2.45) is 5.84 Å². The average molecular weight is 244 g/mol. The summed E-state index contributed by atoms with van der Waals surface area (Å²) in [6.45, 7) is 3.03. The van der Waals surface area contributed by atoms with Crippen molar-refractivity contribution in [3.8, 4) is 0 Å². The van der Waals surface area contributed by atoms with Gasteiger partial charge in [-0.05, 0) is 43.5 Å². The minimum absolute atomic E-state index is 0.676. The van der Waals surface area contributed by atoms with Crippen LogP contribution in [0.4, 0.5) is 0 Å². The number of hydrazine groups is 1. The van der Waals surface area contributed by atoms with Gasteiger partial charge in [-0.3, -0.25) is 10.7 Å². The molecule has 0 radical (unpaired) electrons. The molecule has 0 unspecified atom stereocenters. The van der Waals surface area contributed by atoms with Crippen molar-refractivity contribution >= 4 is 10.9 Å². The molecule has 1 aliphatic rings. The van der Waals surface area contributed by atoms with E-state index in [4.69, 9.17) is 5.84 Å². The average Bonchev–Trinajstić information content (AvgIpc) is 2.84. The van der Waals surface area contributed by atoms with Crippen LogP contribution in [0.1, 0.15) is 24.3 Å². The van der Waals surface area contributed by atoms with Crippen LogP contribution in [0.3, 0.4) is 0 Å². The second-order valence-electron chi connectivity index (χ2n) is 5.04. The van der Waals surface area contributed by atoms with E-state index in [9.17, 15) is 0 Å². The maximum atomic E-state index is 5.37. The summed E-state index contributed by atoms with van der Waals surface area (Å²) in [6, 6.07) is 8.56. The molecule has 4 N–H and O–H groups in total. The number of para-hydroxylation sites is 1. The predicted molar refractivity (Wildman–Crippen MR) is 74.0 cm³/mol. The van der Waals surface area contributed by atoms with Gasteiger partial charge in [-0.2, -0.15) is 0 Å². The van der Waals surface area contributed by atoms with Crippen LogP contribution in [-0.4, -0.2) is 29.6 Å². The van der Waals surface area contributed by atoms with Crippen molar-refractivity contribution < 1.29 is 0 Å². The lowest BCUT2D eigenvalue weighted by molar-refractivity contribution is 0.199. The van der Waals surface area contributed by atoms with Gasteiger partial charge in [0.25, 0.3) is 0 Å². The molecule has 2 aromatic rings. The van der Waals surface area contributed by atoms with Crippen molar-refractivity contribution in [3.63, 3.8) is 0 Å². The van der Waals surface area contributed by atoms with E-state index in [2.05, 4.69) is 45.8 Å². The van der Waals surface area contributed by atoms with E-state index in [1.807, 2.05) is 0 Å². The smallest absolute Gasteiger partial charge is 0.0612 e. The normalized spacial score (nSPS) is 18.5. The van der Waals surface area contributed by atoms with Crippen LogP contribution >= 0.6 is 0 Å². The minimum atomic E-state index is 0.676. The fourth-order valence-corrected chi connectivity index (χ4v) is 2.96. The van der Waals surface area contributed by atoms with E-state index in [0.717, 1.165) is 19.8 Å². The van der Waals surface area contributed by atoms with E-state index >= 15 is 0 Å². The number of hydrogen-bond acceptors (Lipinski definition) is 3. The van der Waals surface area contributed by atoms with Gasteiger partial charge in [0.05, 0.1) is 6.67 Å². The number of H-pyrrole nitrogens is 1. The van der Waals surface area contributed by atoms with Gasteiger partial charge in [-0.1, -0.05) is 18.2 Å². The van der Waals surface area contributed by atoms with Gasteiger partial charge in [-0.15, -0.1) is 0 Å². The van der Waals surface area contributed by atoms with Crippen LogP contribution in [0.25, 0.3) is 10.9 Å². The molecule has 0 atom stereocenters. The summed E-state index contributed by atoms with van der Waals surface area (Å²) in [5.41, 5.74) is 5.46. The van der Waals surface area contributed by atoms with Gasteiger partial charge in [0.15, 0.2) is 0 Å². The van der Waals surface area contributed by atoms with E-state index in [-0.39, 0.29) is 0 Å². The first-order chi connectivity index (χ1) is 8.88. The first-order valence-electron chi connectivity index (χ1n) is 6.60. The Balaban J connectivity index is 1.76. The highest BCUT2D eigenvalue weighted by atomic mass is 15.3. The number of benzene rings is 1. The molecule has 0 bridgehead atoms. The number of likely N-dealkylation sites (tertiary alicyclic amines) is 1. The maximum absolute atomic E-state index is 5.37. The first-order valence-corrected chi connectivity index (χ1v) is 6.60. The molecule has 1 saturated heterocycles. The van der Waals surface area contributed by atoms with Crippen LogP contribution in [0, 0.1) is 0 Å². The summed E-state index contributed by atoms with van der Waals surface area (Å²) in [6.07, 6.45) is 4.61. The van der Waals surface area contributed by atoms with Crippen LogP contribution in [0.2, 0.25) is 0 Å². The second kappa shape index (κ2) is 5.10. The van der Waals surface area contributed by atoms with Crippen LogP contribution in [0.5, 0.6) is 0 Å². The third kappa shape index (κ3) is 2.14. The van der Waals surface area contributed by atoms with E-state index < -0.39 is 0 Å². The Morgan fingerprint density at radius 1 is 1.28 bits per heavy atom. The van der Waals surface area contributed by atoms with Crippen LogP contribution in [0.15, 0.2) is 30.5 Å². The van der Waals surface area contributed by atoms with Crippen LogP contribution < -0.4 is 11.3 Å². The summed E-state index contributed by atoms with van der Waals surface area (Å²) in [7, 11) is 0. The monoisotopic (exact) mass is 244 g/mol. The molecule has 1 aliphatic heterocycles. The number of nitrogens with zero attached hydrogens (tertiary/aromatic N) is 1. The number of aromatic amines is 1. The molecule has 1 aromatic carbocycles. The number of piperidine rings is 1. The Morgan fingerprint density at radius 2 is 2.06 bits per heavy atom. The third-order valence-electron chi connectivity index (χ3n) is 3.96.